The molecule has 1 N–H and O–H groups in total. The lowest BCUT2D eigenvalue weighted by Gasteiger charge is -2.41. The van der Waals surface area contributed by atoms with Gasteiger partial charge in [0.2, 0.25) is 5.91 Å². The van der Waals surface area contributed by atoms with E-state index in [4.69, 9.17) is 4.74 Å². The normalized spacial score (nSPS) is 16.6. The molecule has 0 unspecified atom stereocenters. The Bertz CT molecular complexity index is 1280. The highest BCUT2D eigenvalue weighted by Crippen LogP contribution is 2.42. The number of rotatable bonds is 8. The van der Waals surface area contributed by atoms with E-state index in [1.165, 1.54) is 36.4 Å². The summed E-state index contributed by atoms with van der Waals surface area (Å²) in [7, 11) is -4.07. The second-order valence-corrected chi connectivity index (χ2v) is 10.5. The monoisotopic (exact) mass is 496 g/mol. The number of nitrogens with one attached hydrogen (secondary N) is 1. The number of para-hydroxylation sites is 1. The maximum atomic E-state index is 13.6. The van der Waals surface area contributed by atoms with Crippen LogP contribution in [0.5, 0.6) is 5.75 Å². The zero-order chi connectivity index (χ0) is 25.1. The number of anilines is 1. The molecule has 0 fully saturated rings. The third-order valence-corrected chi connectivity index (χ3v) is 8.34. The number of amides is 1. The van der Waals surface area contributed by atoms with Gasteiger partial charge in [0.15, 0.2) is 0 Å². The largest absolute Gasteiger partial charge is 0.487 e. The first-order chi connectivity index (χ1) is 16.8. The fourth-order valence-electron chi connectivity index (χ4n) is 4.44. The number of carbonyl (C=O) groups excluding carboxylic acids is 1. The third kappa shape index (κ3) is 5.17. The predicted molar refractivity (Wildman–Crippen MR) is 133 cm³/mol. The van der Waals surface area contributed by atoms with Crippen LogP contribution in [0.2, 0.25) is 0 Å². The minimum atomic E-state index is -4.07. The van der Waals surface area contributed by atoms with Crippen molar-refractivity contribution in [1.29, 1.82) is 0 Å². The number of carbonyl (C=O) groups is 1. The molecule has 1 aliphatic heterocycles. The molecule has 8 heteroatoms. The maximum Gasteiger partial charge on any atom is 0.264 e. The van der Waals surface area contributed by atoms with Gasteiger partial charge in [-0.1, -0.05) is 50.2 Å². The van der Waals surface area contributed by atoms with E-state index in [1.807, 2.05) is 24.3 Å². The summed E-state index contributed by atoms with van der Waals surface area (Å²) >= 11 is 0. The Labute approximate surface area is 205 Å². The number of fused-ring (bicyclic) bond motifs is 1. The summed E-state index contributed by atoms with van der Waals surface area (Å²) in [6.07, 6.45) is 2.12. The second-order valence-electron chi connectivity index (χ2n) is 8.66. The van der Waals surface area contributed by atoms with Gasteiger partial charge in [0.25, 0.3) is 10.0 Å². The number of sulfonamides is 1. The molecule has 0 aliphatic carbocycles. The molecule has 1 aliphatic rings. The number of halogens is 1. The summed E-state index contributed by atoms with van der Waals surface area (Å²) in [6, 6.07) is 20.2. The van der Waals surface area contributed by atoms with E-state index in [2.05, 4.69) is 19.2 Å². The van der Waals surface area contributed by atoms with Crippen molar-refractivity contribution >= 4 is 21.6 Å². The van der Waals surface area contributed by atoms with Gasteiger partial charge in [-0.15, -0.1) is 0 Å². The van der Waals surface area contributed by atoms with Crippen molar-refractivity contribution in [3.63, 3.8) is 0 Å². The average Bonchev–Trinajstić information content (AvgIpc) is 2.88. The average molecular weight is 497 g/mol. The van der Waals surface area contributed by atoms with Gasteiger partial charge in [-0.3, -0.25) is 9.10 Å². The number of nitrogens with zero attached hydrogens (tertiary/aromatic N) is 1. The standard InChI is InChI=1S/C27H29FN2O4S/c1-3-27(4-2)18-24(23-12-8-9-13-25(23)34-27)29-26(31)19-30(21-16-14-20(28)15-17-21)35(32,33)22-10-6-5-7-11-22/h5-17,24H,3-4,18-19H2,1-2H3,(H,29,31)/t24-/m0/s1. The second kappa shape index (κ2) is 10.1. The Hall–Kier alpha value is -3.39. The third-order valence-electron chi connectivity index (χ3n) is 6.55. The fraction of sp³-hybridized carbons (Fsp3) is 0.296. The topological polar surface area (TPSA) is 75.7 Å². The van der Waals surface area contributed by atoms with Crippen LogP contribution in [-0.4, -0.2) is 26.5 Å². The summed E-state index contributed by atoms with van der Waals surface area (Å²) in [4.78, 5) is 13.4. The SMILES string of the molecule is CCC1(CC)C[C@H](NC(=O)CN(c2ccc(F)cc2)S(=O)(=O)c2ccccc2)c2ccccc2O1. The number of ether oxygens (including phenoxy) is 1. The summed E-state index contributed by atoms with van der Waals surface area (Å²) in [5, 5.41) is 3.03. The molecule has 0 spiro atoms. The lowest BCUT2D eigenvalue weighted by atomic mass is 9.83. The van der Waals surface area contributed by atoms with Gasteiger partial charge in [0, 0.05) is 12.0 Å². The van der Waals surface area contributed by atoms with Gasteiger partial charge in [0.05, 0.1) is 16.6 Å². The molecule has 0 radical (unpaired) electrons. The number of benzene rings is 3. The molecule has 0 saturated heterocycles. The van der Waals surface area contributed by atoms with Gasteiger partial charge >= 0.3 is 0 Å². The molecular weight excluding hydrogens is 467 g/mol. The van der Waals surface area contributed by atoms with Crippen LogP contribution in [-0.2, 0) is 14.8 Å². The maximum absolute atomic E-state index is 13.6. The lowest BCUT2D eigenvalue weighted by Crippen LogP contribution is -2.47. The van der Waals surface area contributed by atoms with Crippen LogP contribution in [0.1, 0.15) is 44.7 Å². The van der Waals surface area contributed by atoms with Gasteiger partial charge in [-0.05, 0) is 55.3 Å². The van der Waals surface area contributed by atoms with Crippen LogP contribution in [0.3, 0.4) is 0 Å². The molecule has 4 rings (SSSR count). The highest BCUT2D eigenvalue weighted by Gasteiger charge is 2.39. The van der Waals surface area contributed by atoms with E-state index in [1.54, 1.807) is 18.2 Å². The van der Waals surface area contributed by atoms with Crippen molar-refractivity contribution in [3.8, 4) is 5.75 Å². The molecule has 0 bridgehead atoms. The molecule has 1 amide bonds. The molecule has 0 aromatic heterocycles. The molecule has 0 saturated carbocycles. The predicted octanol–water partition coefficient (Wildman–Crippen LogP) is 5.22. The Balaban J connectivity index is 1.64. The molecular formula is C27H29FN2O4S. The first kappa shape index (κ1) is 24.7. The molecule has 35 heavy (non-hydrogen) atoms. The summed E-state index contributed by atoms with van der Waals surface area (Å²) < 4.78 is 47.8. The van der Waals surface area contributed by atoms with Crippen LogP contribution in [0.4, 0.5) is 10.1 Å². The summed E-state index contributed by atoms with van der Waals surface area (Å²) in [5.74, 6) is -0.235. The quantitative estimate of drug-likeness (QED) is 0.464. The van der Waals surface area contributed by atoms with Crippen molar-refractivity contribution in [2.45, 2.75) is 49.6 Å². The van der Waals surface area contributed by atoms with Crippen LogP contribution in [0.15, 0.2) is 83.8 Å². The minimum absolute atomic E-state index is 0.0459. The number of hydrogen-bond donors (Lipinski definition) is 1. The van der Waals surface area contributed by atoms with Crippen molar-refractivity contribution < 1.29 is 22.3 Å². The zero-order valence-electron chi connectivity index (χ0n) is 19.8. The Morgan fingerprint density at radius 1 is 1.00 bits per heavy atom. The van der Waals surface area contributed by atoms with Gasteiger partial charge < -0.3 is 10.1 Å². The summed E-state index contributed by atoms with van der Waals surface area (Å²) in [6.45, 7) is 3.66. The molecule has 184 valence electrons. The zero-order valence-corrected chi connectivity index (χ0v) is 20.6. The summed E-state index contributed by atoms with van der Waals surface area (Å²) in [5.41, 5.74) is 0.644. The van der Waals surface area contributed by atoms with Crippen molar-refractivity contribution in [2.24, 2.45) is 0 Å². The first-order valence-electron chi connectivity index (χ1n) is 11.7. The minimum Gasteiger partial charge on any atom is -0.487 e. The van der Waals surface area contributed by atoms with Gasteiger partial charge in [-0.25, -0.2) is 12.8 Å². The van der Waals surface area contributed by atoms with E-state index in [-0.39, 0.29) is 16.6 Å². The Morgan fingerprint density at radius 3 is 2.29 bits per heavy atom. The molecule has 3 aromatic rings. The van der Waals surface area contributed by atoms with E-state index in [0.29, 0.717) is 6.42 Å². The van der Waals surface area contributed by atoms with Crippen molar-refractivity contribution in [1.82, 2.24) is 5.32 Å². The van der Waals surface area contributed by atoms with Crippen LogP contribution >= 0.6 is 0 Å². The molecule has 6 nitrogen and oxygen atoms in total. The lowest BCUT2D eigenvalue weighted by molar-refractivity contribution is -0.121. The fourth-order valence-corrected chi connectivity index (χ4v) is 5.88. The molecule has 1 heterocycles. The van der Waals surface area contributed by atoms with Crippen LogP contribution in [0.25, 0.3) is 0 Å². The van der Waals surface area contributed by atoms with E-state index in [0.717, 1.165) is 28.5 Å². The number of hydrogen-bond acceptors (Lipinski definition) is 4. The van der Waals surface area contributed by atoms with E-state index >= 15 is 0 Å². The van der Waals surface area contributed by atoms with Crippen molar-refractivity contribution in [2.75, 3.05) is 10.8 Å². The first-order valence-corrected chi connectivity index (χ1v) is 13.1. The highest BCUT2D eigenvalue weighted by molar-refractivity contribution is 7.92. The van der Waals surface area contributed by atoms with E-state index in [9.17, 15) is 17.6 Å². The van der Waals surface area contributed by atoms with Crippen LogP contribution < -0.4 is 14.4 Å². The molecule has 3 aromatic carbocycles. The Morgan fingerprint density at radius 2 is 1.63 bits per heavy atom. The smallest absolute Gasteiger partial charge is 0.264 e. The van der Waals surface area contributed by atoms with Gasteiger partial charge in [0.1, 0.15) is 23.7 Å². The Kier molecular flexibility index (Phi) is 7.12. The highest BCUT2D eigenvalue weighted by atomic mass is 32.2. The van der Waals surface area contributed by atoms with Crippen LogP contribution in [0, 0.1) is 5.82 Å². The van der Waals surface area contributed by atoms with E-state index < -0.39 is 33.9 Å². The van der Waals surface area contributed by atoms with Crippen molar-refractivity contribution in [3.05, 3.63) is 90.2 Å². The molecule has 1 atom stereocenters. The van der Waals surface area contributed by atoms with Gasteiger partial charge in [-0.2, -0.15) is 0 Å².